The maximum atomic E-state index is 6.01. The van der Waals surface area contributed by atoms with Gasteiger partial charge in [0.15, 0.2) is 0 Å². The molecule has 1 unspecified atom stereocenters. The average Bonchev–Trinajstić information content (AvgIpc) is 3.13. The molecule has 6 nitrogen and oxygen atoms in total. The van der Waals surface area contributed by atoms with E-state index in [1.165, 1.54) is 0 Å². The number of nitrogens with one attached hydrogen (secondary N) is 1. The molecular formula is C18H22ClN5O. The molecule has 25 heavy (non-hydrogen) atoms. The summed E-state index contributed by atoms with van der Waals surface area (Å²) < 4.78 is 7.30. The van der Waals surface area contributed by atoms with Crippen LogP contribution in [0.3, 0.4) is 0 Å². The van der Waals surface area contributed by atoms with Gasteiger partial charge in [0, 0.05) is 22.3 Å². The van der Waals surface area contributed by atoms with Crippen LogP contribution in [-0.4, -0.2) is 19.9 Å². The van der Waals surface area contributed by atoms with E-state index in [1.807, 2.05) is 36.7 Å². The average molecular weight is 360 g/mol. The zero-order valence-corrected chi connectivity index (χ0v) is 15.8. The molecule has 1 atom stereocenters. The van der Waals surface area contributed by atoms with Crippen LogP contribution in [0, 0.1) is 6.92 Å². The number of rotatable bonds is 4. The fourth-order valence-electron chi connectivity index (χ4n) is 2.53. The van der Waals surface area contributed by atoms with Crippen LogP contribution in [0.25, 0.3) is 11.4 Å². The van der Waals surface area contributed by atoms with Gasteiger partial charge in [0.2, 0.25) is 5.82 Å². The normalized spacial score (nSPS) is 13.0. The van der Waals surface area contributed by atoms with Crippen molar-refractivity contribution in [2.75, 3.05) is 5.32 Å². The second kappa shape index (κ2) is 6.52. The van der Waals surface area contributed by atoms with Crippen LogP contribution in [0.1, 0.15) is 45.0 Å². The van der Waals surface area contributed by atoms with Gasteiger partial charge in [-0.05, 0) is 46.8 Å². The zero-order chi connectivity index (χ0) is 18.2. The van der Waals surface area contributed by atoms with Crippen molar-refractivity contribution in [3.8, 4) is 11.4 Å². The Morgan fingerprint density at radius 3 is 2.68 bits per heavy atom. The number of aromatic nitrogens is 4. The first-order valence-electron chi connectivity index (χ1n) is 8.17. The monoisotopic (exact) mass is 359 g/mol. The van der Waals surface area contributed by atoms with Crippen molar-refractivity contribution in [2.45, 2.75) is 46.2 Å². The van der Waals surface area contributed by atoms with E-state index in [0.717, 1.165) is 16.8 Å². The first-order valence-corrected chi connectivity index (χ1v) is 8.54. The molecule has 0 fully saturated rings. The Kier molecular flexibility index (Phi) is 4.56. The lowest BCUT2D eigenvalue weighted by atomic mass is 10.1. The fraction of sp³-hybridized carbons (Fsp3) is 0.389. The molecule has 0 saturated heterocycles. The maximum Gasteiger partial charge on any atom is 0.322 e. The van der Waals surface area contributed by atoms with Crippen LogP contribution in [0.5, 0.6) is 0 Å². The molecule has 0 aliphatic carbocycles. The molecule has 2 aromatic heterocycles. The van der Waals surface area contributed by atoms with Crippen LogP contribution in [-0.2, 0) is 5.54 Å². The molecule has 3 aromatic rings. The molecule has 0 aliphatic heterocycles. The van der Waals surface area contributed by atoms with E-state index >= 15 is 0 Å². The van der Waals surface area contributed by atoms with E-state index in [4.69, 9.17) is 16.1 Å². The van der Waals surface area contributed by atoms with Gasteiger partial charge in [-0.2, -0.15) is 10.1 Å². The lowest BCUT2D eigenvalue weighted by Crippen LogP contribution is -2.22. The van der Waals surface area contributed by atoms with Crippen molar-refractivity contribution in [1.82, 2.24) is 19.9 Å². The van der Waals surface area contributed by atoms with Gasteiger partial charge >= 0.3 is 6.01 Å². The summed E-state index contributed by atoms with van der Waals surface area (Å²) in [5.41, 5.74) is 2.82. The maximum absolute atomic E-state index is 6.01. The van der Waals surface area contributed by atoms with Gasteiger partial charge < -0.3 is 9.84 Å². The van der Waals surface area contributed by atoms with E-state index in [2.05, 4.69) is 47.5 Å². The van der Waals surface area contributed by atoms with Crippen LogP contribution in [0.4, 0.5) is 6.01 Å². The highest BCUT2D eigenvalue weighted by atomic mass is 35.5. The quantitative estimate of drug-likeness (QED) is 0.723. The first kappa shape index (κ1) is 17.5. The Bertz CT molecular complexity index is 878. The van der Waals surface area contributed by atoms with Gasteiger partial charge in [0.05, 0.1) is 17.3 Å². The third-order valence-electron chi connectivity index (χ3n) is 3.94. The van der Waals surface area contributed by atoms with Gasteiger partial charge in [-0.1, -0.05) is 28.9 Å². The van der Waals surface area contributed by atoms with Gasteiger partial charge in [-0.3, -0.25) is 4.68 Å². The lowest BCUT2D eigenvalue weighted by molar-refractivity contribution is 0.354. The second-order valence-corrected chi connectivity index (χ2v) is 7.52. The summed E-state index contributed by atoms with van der Waals surface area (Å²) in [7, 11) is 0. The first-order chi connectivity index (χ1) is 11.7. The van der Waals surface area contributed by atoms with E-state index in [-0.39, 0.29) is 11.6 Å². The molecule has 3 rings (SSSR count). The summed E-state index contributed by atoms with van der Waals surface area (Å²) in [4.78, 5) is 4.40. The van der Waals surface area contributed by atoms with E-state index < -0.39 is 0 Å². The van der Waals surface area contributed by atoms with Crippen LogP contribution in [0.2, 0.25) is 5.02 Å². The van der Waals surface area contributed by atoms with E-state index in [9.17, 15) is 0 Å². The fourth-order valence-corrected chi connectivity index (χ4v) is 2.72. The molecule has 2 heterocycles. The third-order valence-corrected chi connectivity index (χ3v) is 4.17. The Labute approximate surface area is 152 Å². The van der Waals surface area contributed by atoms with Gasteiger partial charge in [-0.25, -0.2) is 0 Å². The van der Waals surface area contributed by atoms with Crippen LogP contribution < -0.4 is 5.32 Å². The van der Waals surface area contributed by atoms with Gasteiger partial charge in [-0.15, -0.1) is 0 Å². The predicted molar refractivity (Wildman–Crippen MR) is 98.7 cm³/mol. The standard InChI is InChI=1S/C18H22ClN5O/c1-11(15-10-24(18(3,4)5)22-12(15)2)20-17-21-16(23-25-17)13-7-6-8-14(19)9-13/h6-11H,1-5H3,(H,20,21,23). The topological polar surface area (TPSA) is 68.8 Å². The van der Waals surface area contributed by atoms with Crippen molar-refractivity contribution in [3.05, 3.63) is 46.7 Å². The highest BCUT2D eigenvalue weighted by Gasteiger charge is 2.20. The molecule has 1 N–H and O–H groups in total. The number of hydrogen-bond donors (Lipinski definition) is 1. The Hall–Kier alpha value is -2.34. The highest BCUT2D eigenvalue weighted by Crippen LogP contribution is 2.26. The van der Waals surface area contributed by atoms with E-state index in [0.29, 0.717) is 16.9 Å². The molecule has 0 spiro atoms. The summed E-state index contributed by atoms with van der Waals surface area (Å²) in [5.74, 6) is 0.499. The van der Waals surface area contributed by atoms with Crippen molar-refractivity contribution in [3.63, 3.8) is 0 Å². The van der Waals surface area contributed by atoms with Gasteiger partial charge in [0.25, 0.3) is 0 Å². The van der Waals surface area contributed by atoms with Crippen LogP contribution in [0.15, 0.2) is 35.0 Å². The summed E-state index contributed by atoms with van der Waals surface area (Å²) in [5, 5.41) is 12.5. The Balaban J connectivity index is 1.78. The molecule has 132 valence electrons. The smallest absolute Gasteiger partial charge is 0.322 e. The van der Waals surface area contributed by atoms with E-state index in [1.54, 1.807) is 6.07 Å². The zero-order valence-electron chi connectivity index (χ0n) is 15.0. The van der Waals surface area contributed by atoms with Gasteiger partial charge in [0.1, 0.15) is 0 Å². The minimum absolute atomic E-state index is 0.0104. The molecule has 0 amide bonds. The van der Waals surface area contributed by atoms with Crippen molar-refractivity contribution < 1.29 is 4.52 Å². The molecular weight excluding hydrogens is 338 g/mol. The number of benzene rings is 1. The molecule has 7 heteroatoms. The molecule has 0 saturated carbocycles. The largest absolute Gasteiger partial charge is 0.331 e. The minimum Gasteiger partial charge on any atom is -0.331 e. The lowest BCUT2D eigenvalue weighted by Gasteiger charge is -2.19. The van der Waals surface area contributed by atoms with Crippen molar-refractivity contribution in [1.29, 1.82) is 0 Å². The number of hydrogen-bond acceptors (Lipinski definition) is 5. The Morgan fingerprint density at radius 2 is 2.04 bits per heavy atom. The van der Waals surface area contributed by atoms with Crippen molar-refractivity contribution in [2.24, 2.45) is 0 Å². The van der Waals surface area contributed by atoms with Crippen LogP contribution >= 0.6 is 11.6 Å². The summed E-state index contributed by atoms with van der Waals surface area (Å²) in [6.07, 6.45) is 2.06. The van der Waals surface area contributed by atoms with Crippen molar-refractivity contribution >= 4 is 17.6 Å². The predicted octanol–water partition coefficient (Wildman–Crippen LogP) is 4.82. The molecule has 1 aromatic carbocycles. The third kappa shape index (κ3) is 3.85. The minimum atomic E-state index is -0.0625. The number of aryl methyl sites for hydroxylation is 1. The summed E-state index contributed by atoms with van der Waals surface area (Å²) >= 11 is 6.01. The summed E-state index contributed by atoms with van der Waals surface area (Å²) in [6.45, 7) is 10.4. The summed E-state index contributed by atoms with van der Waals surface area (Å²) in [6, 6.07) is 7.71. The second-order valence-electron chi connectivity index (χ2n) is 7.08. The Morgan fingerprint density at radius 1 is 1.28 bits per heavy atom. The number of halogens is 1. The highest BCUT2D eigenvalue weighted by molar-refractivity contribution is 6.30. The molecule has 0 aliphatic rings. The number of nitrogens with zero attached hydrogens (tertiary/aromatic N) is 4. The molecule has 0 radical (unpaired) electrons. The number of anilines is 1. The SMILES string of the molecule is Cc1nn(C(C)(C)C)cc1C(C)Nc1nc(-c2cccc(Cl)c2)no1. The molecule has 0 bridgehead atoms.